The van der Waals surface area contributed by atoms with Gasteiger partial charge in [0.2, 0.25) is 0 Å². The van der Waals surface area contributed by atoms with Crippen LogP contribution in [0.5, 0.6) is 0 Å². The number of hydrogen-bond acceptors (Lipinski definition) is 2. The van der Waals surface area contributed by atoms with Gasteiger partial charge in [-0.3, -0.25) is 0 Å². The van der Waals surface area contributed by atoms with Gasteiger partial charge in [0.1, 0.15) is 0 Å². The van der Waals surface area contributed by atoms with Crippen LogP contribution >= 0.6 is 31.9 Å². The Kier molecular flexibility index (Phi) is 4.37. The third kappa shape index (κ3) is 2.83. The van der Waals surface area contributed by atoms with Crippen LogP contribution in [-0.4, -0.2) is 0 Å². The number of nitriles is 1. The van der Waals surface area contributed by atoms with Gasteiger partial charge in [-0.2, -0.15) is 5.26 Å². The second-order valence-electron chi connectivity index (χ2n) is 2.98. The topological polar surface area (TPSA) is 49.8 Å². The molecule has 0 saturated carbocycles. The molecule has 0 aromatic heterocycles. The Labute approximate surface area is 106 Å². The fourth-order valence-corrected chi connectivity index (χ4v) is 2.02. The molecule has 0 aliphatic carbocycles. The summed E-state index contributed by atoms with van der Waals surface area (Å²) in [5, 5.41) is 8.90. The molecule has 0 saturated heterocycles. The van der Waals surface area contributed by atoms with E-state index in [0.717, 1.165) is 14.5 Å². The smallest absolute Gasteiger partial charge is 0.0968 e. The third-order valence-corrected chi connectivity index (χ3v) is 3.22. The van der Waals surface area contributed by atoms with Crippen molar-refractivity contribution in [3.8, 4) is 6.07 Å². The lowest BCUT2D eigenvalue weighted by Gasteiger charge is -2.07. The normalized spacial score (nSPS) is 11.9. The third-order valence-electron chi connectivity index (χ3n) is 2.03. The largest absolute Gasteiger partial charge is 0.397 e. The van der Waals surface area contributed by atoms with Crippen LogP contribution in [0.15, 0.2) is 32.7 Å². The zero-order valence-electron chi connectivity index (χ0n) is 8.22. The van der Waals surface area contributed by atoms with E-state index in [0.29, 0.717) is 17.7 Å². The van der Waals surface area contributed by atoms with E-state index in [1.807, 2.05) is 25.1 Å². The first-order chi connectivity index (χ1) is 7.10. The quantitative estimate of drug-likeness (QED) is 0.838. The predicted octanol–water partition coefficient (Wildman–Crippen LogP) is 3.81. The first-order valence-corrected chi connectivity index (χ1v) is 6.02. The van der Waals surface area contributed by atoms with Crippen molar-refractivity contribution < 1.29 is 0 Å². The fraction of sp³-hybridized carbons (Fsp3) is 0.182. The molecule has 1 aromatic carbocycles. The molecule has 15 heavy (non-hydrogen) atoms. The maximum Gasteiger partial charge on any atom is 0.0968 e. The van der Waals surface area contributed by atoms with Crippen LogP contribution < -0.4 is 5.73 Å². The lowest BCUT2D eigenvalue weighted by molar-refractivity contribution is 1.14. The minimum absolute atomic E-state index is 0.535. The number of nitrogens with two attached hydrogens (primary N) is 1. The lowest BCUT2D eigenvalue weighted by Crippen LogP contribution is -2.01. The van der Waals surface area contributed by atoms with Crippen molar-refractivity contribution in [1.29, 1.82) is 5.26 Å². The monoisotopic (exact) mass is 328 g/mol. The summed E-state index contributed by atoms with van der Waals surface area (Å²) in [6.45, 7) is 1.91. The zero-order valence-corrected chi connectivity index (χ0v) is 11.4. The molecule has 78 valence electrons. The molecule has 4 heteroatoms. The second-order valence-corrected chi connectivity index (χ2v) is 4.75. The van der Waals surface area contributed by atoms with Gasteiger partial charge in [0.15, 0.2) is 0 Å². The van der Waals surface area contributed by atoms with Gasteiger partial charge >= 0.3 is 0 Å². The molecule has 1 aromatic rings. The van der Waals surface area contributed by atoms with Crippen molar-refractivity contribution in [3.05, 3.63) is 38.3 Å². The van der Waals surface area contributed by atoms with E-state index >= 15 is 0 Å². The molecular formula is C11H10Br2N2. The van der Waals surface area contributed by atoms with E-state index in [2.05, 4.69) is 37.9 Å². The molecule has 0 radical (unpaired) electrons. The van der Waals surface area contributed by atoms with Gasteiger partial charge in [-0.05, 0) is 24.6 Å². The number of nitrogens with zero attached hydrogens (tertiary/aromatic N) is 1. The molecule has 0 heterocycles. The van der Waals surface area contributed by atoms with Gasteiger partial charge in [0.25, 0.3) is 0 Å². The Morgan fingerprint density at radius 3 is 2.67 bits per heavy atom. The van der Waals surface area contributed by atoms with Crippen molar-refractivity contribution in [2.24, 2.45) is 5.73 Å². The number of halogens is 2. The standard InChI is InChI=1S/C11H10Br2N2/c1-2-7(6-14)11(15)9-5-8(12)3-4-10(9)13/h3-5H,2,15H2,1H3/b11-7-. The van der Waals surface area contributed by atoms with Crippen LogP contribution in [0.2, 0.25) is 0 Å². The van der Waals surface area contributed by atoms with Gasteiger partial charge in [-0.1, -0.05) is 38.8 Å². The van der Waals surface area contributed by atoms with Crippen LogP contribution in [0.25, 0.3) is 5.70 Å². The molecule has 0 atom stereocenters. The highest BCUT2D eigenvalue weighted by Gasteiger charge is 2.08. The van der Waals surface area contributed by atoms with Gasteiger partial charge in [-0.25, -0.2) is 0 Å². The lowest BCUT2D eigenvalue weighted by atomic mass is 10.1. The minimum atomic E-state index is 0.535. The van der Waals surface area contributed by atoms with E-state index in [9.17, 15) is 0 Å². The van der Waals surface area contributed by atoms with Crippen LogP contribution in [0, 0.1) is 11.3 Å². The van der Waals surface area contributed by atoms with Crippen molar-refractivity contribution in [2.75, 3.05) is 0 Å². The SMILES string of the molecule is CC/C(C#N)=C(/N)c1cc(Br)ccc1Br. The Morgan fingerprint density at radius 1 is 1.47 bits per heavy atom. The highest BCUT2D eigenvalue weighted by Crippen LogP contribution is 2.27. The van der Waals surface area contributed by atoms with Crippen LogP contribution in [0.4, 0.5) is 0 Å². The second kappa shape index (κ2) is 5.34. The predicted molar refractivity (Wildman–Crippen MR) is 68.9 cm³/mol. The molecule has 0 aliphatic rings. The molecule has 1 rings (SSSR count). The molecule has 0 bridgehead atoms. The summed E-state index contributed by atoms with van der Waals surface area (Å²) in [4.78, 5) is 0. The van der Waals surface area contributed by atoms with Crippen molar-refractivity contribution >= 4 is 37.6 Å². The van der Waals surface area contributed by atoms with Gasteiger partial charge < -0.3 is 5.73 Å². The molecular weight excluding hydrogens is 320 g/mol. The molecule has 0 spiro atoms. The van der Waals surface area contributed by atoms with E-state index in [-0.39, 0.29) is 0 Å². The van der Waals surface area contributed by atoms with Gasteiger partial charge in [0.05, 0.1) is 17.3 Å². The average molecular weight is 330 g/mol. The summed E-state index contributed by atoms with van der Waals surface area (Å²) in [5.74, 6) is 0. The van der Waals surface area contributed by atoms with E-state index < -0.39 is 0 Å². The summed E-state index contributed by atoms with van der Waals surface area (Å²) in [6.07, 6.45) is 0.640. The Balaban J connectivity index is 3.34. The van der Waals surface area contributed by atoms with Crippen LogP contribution in [0.1, 0.15) is 18.9 Å². The van der Waals surface area contributed by atoms with Crippen molar-refractivity contribution in [3.63, 3.8) is 0 Å². The van der Waals surface area contributed by atoms with Gasteiger partial charge in [-0.15, -0.1) is 0 Å². The molecule has 0 amide bonds. The number of benzene rings is 1. The zero-order chi connectivity index (χ0) is 11.4. The highest BCUT2D eigenvalue weighted by molar-refractivity contribution is 9.11. The van der Waals surface area contributed by atoms with E-state index in [4.69, 9.17) is 11.0 Å². The fourth-order valence-electron chi connectivity index (χ4n) is 1.20. The Hall–Kier alpha value is -0.790. The summed E-state index contributed by atoms with van der Waals surface area (Å²) >= 11 is 6.79. The van der Waals surface area contributed by atoms with E-state index in [1.165, 1.54) is 0 Å². The maximum atomic E-state index is 8.90. The van der Waals surface area contributed by atoms with Crippen LogP contribution in [0.3, 0.4) is 0 Å². The first-order valence-electron chi connectivity index (χ1n) is 4.44. The number of hydrogen-bond donors (Lipinski definition) is 1. The Morgan fingerprint density at radius 2 is 2.13 bits per heavy atom. The first kappa shape index (κ1) is 12.3. The number of allylic oxidation sites excluding steroid dienone is 1. The van der Waals surface area contributed by atoms with Gasteiger partial charge in [0, 0.05) is 14.5 Å². The van der Waals surface area contributed by atoms with Crippen molar-refractivity contribution in [2.45, 2.75) is 13.3 Å². The summed E-state index contributed by atoms with van der Waals surface area (Å²) in [6, 6.07) is 7.83. The average Bonchev–Trinajstić information content (AvgIpc) is 2.23. The minimum Gasteiger partial charge on any atom is -0.397 e. The summed E-state index contributed by atoms with van der Waals surface area (Å²) in [7, 11) is 0. The molecule has 2 nitrogen and oxygen atoms in total. The van der Waals surface area contributed by atoms with Crippen LogP contribution in [-0.2, 0) is 0 Å². The summed E-state index contributed by atoms with van der Waals surface area (Å²) in [5.41, 5.74) is 7.93. The Bertz CT molecular complexity index is 444. The summed E-state index contributed by atoms with van der Waals surface area (Å²) < 4.78 is 1.83. The number of rotatable bonds is 2. The molecule has 0 fully saturated rings. The van der Waals surface area contributed by atoms with Crippen molar-refractivity contribution in [1.82, 2.24) is 0 Å². The molecule has 0 aliphatic heterocycles. The molecule has 2 N–H and O–H groups in total. The highest BCUT2D eigenvalue weighted by atomic mass is 79.9. The van der Waals surface area contributed by atoms with E-state index in [1.54, 1.807) is 0 Å². The molecule has 0 unspecified atom stereocenters. The maximum absolute atomic E-state index is 8.90.